The number of non-ortho nitro benzene ring substituents is 1. The molecule has 11 heteroatoms. The number of likely N-dealkylation sites (tertiary alicyclic amines) is 1. The minimum Gasteiger partial charge on any atom is -0.459 e. The highest BCUT2D eigenvalue weighted by Gasteiger charge is 2.37. The van der Waals surface area contributed by atoms with Crippen molar-refractivity contribution >= 4 is 29.2 Å². The Hall–Kier alpha value is -3.89. The Kier molecular flexibility index (Phi) is 6.57. The number of rotatable bonds is 6. The molecule has 2 saturated heterocycles. The van der Waals surface area contributed by atoms with Gasteiger partial charge in [-0.05, 0) is 37.1 Å². The van der Waals surface area contributed by atoms with Crippen LogP contribution in [0.2, 0.25) is 0 Å². The number of nitro benzene ring substituents is 1. The maximum atomic E-state index is 12.6. The van der Waals surface area contributed by atoms with E-state index in [9.17, 15) is 24.5 Å². The predicted octanol–water partition coefficient (Wildman–Crippen LogP) is 1.68. The molecule has 2 fully saturated rings. The fourth-order valence-electron chi connectivity index (χ4n) is 4.12. The molecule has 4 rings (SSSR count). The minimum absolute atomic E-state index is 0.0288. The van der Waals surface area contributed by atoms with E-state index in [1.165, 1.54) is 23.3 Å². The first kappa shape index (κ1) is 22.3. The molecule has 0 aliphatic carbocycles. The van der Waals surface area contributed by atoms with Gasteiger partial charge in [0, 0.05) is 50.5 Å². The average Bonchev–Trinajstić information content (AvgIpc) is 3.55. The SMILES string of the molecule is O=C(OCC(=O)N1CCN(c2ccc([N+](=O)[O-])cc2)CC1)[C@@H]1CCCN1C(=O)c1ccco1. The Bertz CT molecular complexity index is 1010. The number of carbonyl (C=O) groups excluding carboxylic acids is 3. The first-order valence-electron chi connectivity index (χ1n) is 10.7. The van der Waals surface area contributed by atoms with Crippen LogP contribution in [0.25, 0.3) is 0 Å². The molecule has 174 valence electrons. The van der Waals surface area contributed by atoms with Gasteiger partial charge in [-0.15, -0.1) is 0 Å². The molecule has 1 aromatic heterocycles. The molecule has 33 heavy (non-hydrogen) atoms. The molecule has 2 aliphatic heterocycles. The van der Waals surface area contributed by atoms with Gasteiger partial charge in [-0.2, -0.15) is 0 Å². The van der Waals surface area contributed by atoms with Crippen LogP contribution in [0.4, 0.5) is 11.4 Å². The number of nitrogens with zero attached hydrogens (tertiary/aromatic N) is 4. The van der Waals surface area contributed by atoms with Crippen molar-refractivity contribution in [1.82, 2.24) is 9.80 Å². The third kappa shape index (κ3) is 4.97. The smallest absolute Gasteiger partial charge is 0.329 e. The number of amides is 2. The maximum absolute atomic E-state index is 12.6. The van der Waals surface area contributed by atoms with E-state index in [1.54, 1.807) is 29.2 Å². The number of furan rings is 1. The Morgan fingerprint density at radius 3 is 2.42 bits per heavy atom. The van der Waals surface area contributed by atoms with E-state index in [-0.39, 0.29) is 29.9 Å². The van der Waals surface area contributed by atoms with E-state index >= 15 is 0 Å². The van der Waals surface area contributed by atoms with E-state index in [0.29, 0.717) is 45.6 Å². The molecule has 0 spiro atoms. The number of piperazine rings is 1. The molecular weight excluding hydrogens is 432 g/mol. The van der Waals surface area contributed by atoms with Crippen LogP contribution in [-0.4, -0.2) is 77.9 Å². The molecule has 2 aromatic rings. The Labute approximate surface area is 189 Å². The van der Waals surface area contributed by atoms with E-state index < -0.39 is 16.9 Å². The van der Waals surface area contributed by atoms with Gasteiger partial charge in [-0.25, -0.2) is 4.79 Å². The number of carbonyl (C=O) groups is 3. The molecule has 0 N–H and O–H groups in total. The van der Waals surface area contributed by atoms with Gasteiger partial charge in [0.2, 0.25) is 0 Å². The molecule has 0 bridgehead atoms. The van der Waals surface area contributed by atoms with Crippen molar-refractivity contribution in [3.8, 4) is 0 Å². The van der Waals surface area contributed by atoms with Crippen molar-refractivity contribution in [1.29, 1.82) is 0 Å². The second-order valence-electron chi connectivity index (χ2n) is 7.88. The van der Waals surface area contributed by atoms with Crippen molar-refractivity contribution in [2.45, 2.75) is 18.9 Å². The van der Waals surface area contributed by atoms with Crippen LogP contribution in [0.15, 0.2) is 47.1 Å². The normalized spacial score (nSPS) is 18.3. The highest BCUT2D eigenvalue weighted by atomic mass is 16.6. The van der Waals surface area contributed by atoms with E-state index in [4.69, 9.17) is 9.15 Å². The van der Waals surface area contributed by atoms with Crippen LogP contribution in [0.3, 0.4) is 0 Å². The number of anilines is 1. The molecule has 0 radical (unpaired) electrons. The molecule has 0 saturated carbocycles. The Morgan fingerprint density at radius 2 is 1.79 bits per heavy atom. The first-order valence-corrected chi connectivity index (χ1v) is 10.7. The lowest BCUT2D eigenvalue weighted by molar-refractivity contribution is -0.384. The van der Waals surface area contributed by atoms with Crippen molar-refractivity contribution < 1.29 is 28.5 Å². The lowest BCUT2D eigenvalue weighted by Crippen LogP contribution is -2.50. The summed E-state index contributed by atoms with van der Waals surface area (Å²) < 4.78 is 10.4. The summed E-state index contributed by atoms with van der Waals surface area (Å²) in [5.74, 6) is -1.09. The molecule has 0 unspecified atom stereocenters. The molecule has 1 aromatic carbocycles. The number of ether oxygens (including phenoxy) is 1. The molecule has 2 aliphatic rings. The standard InChI is InChI=1S/C22H24N4O7/c27-20(24-12-10-23(11-13-24)16-5-7-17(8-6-16)26(30)31)15-33-22(29)18-3-1-9-25(18)21(28)19-4-2-14-32-19/h2,4-8,14,18H,1,3,9-13,15H2/t18-/m0/s1. The van der Waals surface area contributed by atoms with Crippen LogP contribution in [0, 0.1) is 10.1 Å². The second kappa shape index (κ2) is 9.72. The van der Waals surface area contributed by atoms with Crippen LogP contribution in [-0.2, 0) is 14.3 Å². The number of benzene rings is 1. The average molecular weight is 456 g/mol. The van der Waals surface area contributed by atoms with Gasteiger partial charge in [-0.1, -0.05) is 0 Å². The molecule has 1 atom stereocenters. The van der Waals surface area contributed by atoms with E-state index in [2.05, 4.69) is 0 Å². The molecule has 11 nitrogen and oxygen atoms in total. The van der Waals surface area contributed by atoms with Crippen molar-refractivity contribution in [3.05, 3.63) is 58.5 Å². The zero-order valence-electron chi connectivity index (χ0n) is 17.9. The van der Waals surface area contributed by atoms with Crippen LogP contribution in [0.5, 0.6) is 0 Å². The van der Waals surface area contributed by atoms with Crippen LogP contribution < -0.4 is 4.90 Å². The Morgan fingerprint density at radius 1 is 1.06 bits per heavy atom. The first-order chi connectivity index (χ1) is 15.9. The van der Waals surface area contributed by atoms with Crippen LogP contribution >= 0.6 is 0 Å². The highest BCUT2D eigenvalue weighted by molar-refractivity contribution is 5.95. The van der Waals surface area contributed by atoms with Crippen LogP contribution in [0.1, 0.15) is 23.4 Å². The summed E-state index contributed by atoms with van der Waals surface area (Å²) in [6.07, 6.45) is 2.55. The second-order valence-corrected chi connectivity index (χ2v) is 7.88. The van der Waals surface area contributed by atoms with Gasteiger partial charge >= 0.3 is 5.97 Å². The maximum Gasteiger partial charge on any atom is 0.329 e. The number of hydrogen-bond acceptors (Lipinski definition) is 8. The lowest BCUT2D eigenvalue weighted by atomic mass is 10.2. The Balaban J connectivity index is 1.25. The predicted molar refractivity (Wildman–Crippen MR) is 116 cm³/mol. The summed E-state index contributed by atoms with van der Waals surface area (Å²) in [6.45, 7) is 2.06. The molecule has 2 amide bonds. The van der Waals surface area contributed by atoms with Gasteiger partial charge < -0.3 is 23.9 Å². The lowest BCUT2D eigenvalue weighted by Gasteiger charge is -2.36. The topological polar surface area (TPSA) is 126 Å². The summed E-state index contributed by atoms with van der Waals surface area (Å²) in [5, 5.41) is 10.8. The minimum atomic E-state index is -0.727. The number of esters is 1. The summed E-state index contributed by atoms with van der Waals surface area (Å²) in [5.41, 5.74) is 0.878. The van der Waals surface area contributed by atoms with E-state index in [1.807, 2.05) is 4.90 Å². The fraction of sp³-hybridized carbons (Fsp3) is 0.409. The van der Waals surface area contributed by atoms with Crippen molar-refractivity contribution in [3.63, 3.8) is 0 Å². The zero-order valence-corrected chi connectivity index (χ0v) is 17.9. The fourth-order valence-corrected chi connectivity index (χ4v) is 4.12. The van der Waals surface area contributed by atoms with Crippen molar-refractivity contribution in [2.75, 3.05) is 44.2 Å². The molecular formula is C22H24N4O7. The van der Waals surface area contributed by atoms with Gasteiger partial charge in [0.05, 0.1) is 11.2 Å². The van der Waals surface area contributed by atoms with Gasteiger partial charge in [0.25, 0.3) is 17.5 Å². The summed E-state index contributed by atoms with van der Waals surface area (Å²) >= 11 is 0. The van der Waals surface area contributed by atoms with Crippen molar-refractivity contribution in [2.24, 2.45) is 0 Å². The number of nitro groups is 1. The summed E-state index contributed by atoms with van der Waals surface area (Å²) in [6, 6.07) is 8.71. The van der Waals surface area contributed by atoms with Gasteiger partial charge in [0.1, 0.15) is 6.04 Å². The summed E-state index contributed by atoms with van der Waals surface area (Å²) in [4.78, 5) is 53.0. The van der Waals surface area contributed by atoms with Gasteiger partial charge in [0.15, 0.2) is 12.4 Å². The zero-order chi connectivity index (χ0) is 23.4. The largest absolute Gasteiger partial charge is 0.459 e. The summed E-state index contributed by atoms with van der Waals surface area (Å²) in [7, 11) is 0. The number of hydrogen-bond donors (Lipinski definition) is 0. The third-order valence-electron chi connectivity index (χ3n) is 5.91. The highest BCUT2D eigenvalue weighted by Crippen LogP contribution is 2.22. The quantitative estimate of drug-likeness (QED) is 0.365. The third-order valence-corrected chi connectivity index (χ3v) is 5.91. The van der Waals surface area contributed by atoms with E-state index in [0.717, 1.165) is 5.69 Å². The monoisotopic (exact) mass is 456 g/mol. The molecule has 3 heterocycles. The van der Waals surface area contributed by atoms with Gasteiger partial charge in [-0.3, -0.25) is 19.7 Å².